The number of hydrogen-bond donors (Lipinski definition) is 0. The second-order valence-corrected chi connectivity index (χ2v) is 5.17. The fourth-order valence-corrected chi connectivity index (χ4v) is 2.19. The molecule has 0 aromatic heterocycles. The molecule has 0 fully saturated rings. The van der Waals surface area contributed by atoms with Crippen LogP contribution in [0.15, 0.2) is 48.0 Å². The van der Waals surface area contributed by atoms with Gasteiger partial charge in [-0.3, -0.25) is 4.79 Å². The van der Waals surface area contributed by atoms with Gasteiger partial charge in [0.05, 0.1) is 0 Å². The van der Waals surface area contributed by atoms with Gasteiger partial charge in [-0.2, -0.15) is 5.26 Å². The van der Waals surface area contributed by atoms with Crippen LogP contribution in [0.4, 0.5) is 0 Å². The first-order chi connectivity index (χ1) is 10.0. The lowest BCUT2D eigenvalue weighted by molar-refractivity contribution is 0.103. The van der Waals surface area contributed by atoms with Crippen LogP contribution in [0.1, 0.15) is 32.6 Å². The van der Waals surface area contributed by atoms with Gasteiger partial charge in [-0.1, -0.05) is 48.0 Å². The van der Waals surface area contributed by atoms with Gasteiger partial charge in [-0.25, -0.2) is 0 Å². The van der Waals surface area contributed by atoms with Crippen molar-refractivity contribution in [2.45, 2.75) is 20.8 Å². The lowest BCUT2D eigenvalue weighted by Crippen LogP contribution is -2.04. The first-order valence-corrected chi connectivity index (χ1v) is 6.82. The van der Waals surface area contributed by atoms with Crippen molar-refractivity contribution in [3.63, 3.8) is 0 Å². The summed E-state index contributed by atoms with van der Waals surface area (Å²) in [6.07, 6.45) is 1.68. The number of rotatable bonds is 3. The maximum absolute atomic E-state index is 12.5. The van der Waals surface area contributed by atoms with Crippen LogP contribution in [0.25, 0.3) is 6.08 Å². The molecule has 2 nitrogen and oxygen atoms in total. The Hall–Kier alpha value is -2.66. The smallest absolute Gasteiger partial charge is 0.203 e. The average molecular weight is 275 g/mol. The molecule has 0 N–H and O–H groups in total. The molecule has 2 aromatic carbocycles. The first-order valence-electron chi connectivity index (χ1n) is 6.82. The third kappa shape index (κ3) is 3.27. The van der Waals surface area contributed by atoms with E-state index in [-0.39, 0.29) is 11.4 Å². The molecular weight excluding hydrogens is 258 g/mol. The van der Waals surface area contributed by atoms with E-state index in [9.17, 15) is 10.1 Å². The maximum Gasteiger partial charge on any atom is 0.203 e. The monoisotopic (exact) mass is 275 g/mol. The van der Waals surface area contributed by atoms with E-state index in [0.29, 0.717) is 5.56 Å². The van der Waals surface area contributed by atoms with E-state index >= 15 is 0 Å². The molecule has 2 aromatic rings. The minimum Gasteiger partial charge on any atom is -0.288 e. The standard InChI is InChI=1S/C19H17NO/c1-13-8-9-14(2)16(10-13)11-17(12-20)19(21)18-7-5-4-6-15(18)3/h4-11H,1-3H3/b17-11+. The SMILES string of the molecule is Cc1ccc(C)c(/C=C(\C#N)C(=O)c2ccccc2C)c1. The Morgan fingerprint density at radius 3 is 2.43 bits per heavy atom. The zero-order chi connectivity index (χ0) is 15.4. The summed E-state index contributed by atoms with van der Waals surface area (Å²) in [7, 11) is 0. The van der Waals surface area contributed by atoms with E-state index in [4.69, 9.17) is 0 Å². The number of carbonyl (C=O) groups excluding carboxylic acids is 1. The molecule has 0 atom stereocenters. The maximum atomic E-state index is 12.5. The molecule has 0 spiro atoms. The summed E-state index contributed by atoms with van der Waals surface area (Å²) in [6.45, 7) is 5.84. The molecule has 0 saturated heterocycles. The fraction of sp³-hybridized carbons (Fsp3) is 0.158. The van der Waals surface area contributed by atoms with Crippen molar-refractivity contribution in [2.24, 2.45) is 0 Å². The number of hydrogen-bond acceptors (Lipinski definition) is 2. The zero-order valence-corrected chi connectivity index (χ0v) is 12.5. The lowest BCUT2D eigenvalue weighted by Gasteiger charge is -2.05. The van der Waals surface area contributed by atoms with Crippen LogP contribution in [-0.2, 0) is 0 Å². The highest BCUT2D eigenvalue weighted by Gasteiger charge is 2.14. The highest BCUT2D eigenvalue weighted by Crippen LogP contribution is 2.18. The number of aryl methyl sites for hydroxylation is 3. The van der Waals surface area contributed by atoms with Gasteiger partial charge in [0.2, 0.25) is 5.78 Å². The largest absolute Gasteiger partial charge is 0.288 e. The highest BCUT2D eigenvalue weighted by molar-refractivity contribution is 6.14. The van der Waals surface area contributed by atoms with E-state index in [1.165, 1.54) is 0 Å². The van der Waals surface area contributed by atoms with Crippen LogP contribution in [0, 0.1) is 32.1 Å². The van der Waals surface area contributed by atoms with Crippen molar-refractivity contribution in [1.82, 2.24) is 0 Å². The van der Waals surface area contributed by atoms with Crippen molar-refractivity contribution in [2.75, 3.05) is 0 Å². The topological polar surface area (TPSA) is 40.9 Å². The van der Waals surface area contributed by atoms with E-state index in [1.807, 2.05) is 63.2 Å². The quantitative estimate of drug-likeness (QED) is 0.473. The molecular formula is C19H17NO. The zero-order valence-electron chi connectivity index (χ0n) is 12.5. The summed E-state index contributed by atoms with van der Waals surface area (Å²) in [5, 5.41) is 9.33. The van der Waals surface area contributed by atoms with Crippen LogP contribution in [0.5, 0.6) is 0 Å². The molecule has 104 valence electrons. The van der Waals surface area contributed by atoms with E-state index in [2.05, 4.69) is 0 Å². The van der Waals surface area contributed by atoms with Crippen LogP contribution in [0.2, 0.25) is 0 Å². The van der Waals surface area contributed by atoms with Gasteiger partial charge in [0.1, 0.15) is 11.6 Å². The first kappa shape index (κ1) is 14.7. The summed E-state index contributed by atoms with van der Waals surface area (Å²) in [6, 6.07) is 15.4. The Bertz CT molecular complexity index is 763. The Morgan fingerprint density at radius 2 is 1.76 bits per heavy atom. The van der Waals surface area contributed by atoms with Gasteiger partial charge in [-0.15, -0.1) is 0 Å². The van der Waals surface area contributed by atoms with Crippen molar-refractivity contribution < 1.29 is 4.79 Å². The summed E-state index contributed by atoms with van der Waals surface area (Å²) in [5.41, 5.74) is 4.69. The molecule has 0 aliphatic carbocycles. The second kappa shape index (κ2) is 6.19. The molecule has 2 rings (SSSR count). The van der Waals surface area contributed by atoms with E-state index < -0.39 is 0 Å². The van der Waals surface area contributed by atoms with Gasteiger partial charge in [0, 0.05) is 5.56 Å². The second-order valence-electron chi connectivity index (χ2n) is 5.17. The summed E-state index contributed by atoms with van der Waals surface area (Å²) < 4.78 is 0. The normalized spacial score (nSPS) is 11.0. The molecule has 0 amide bonds. The fourth-order valence-electron chi connectivity index (χ4n) is 2.19. The Labute approximate surface area is 125 Å². The van der Waals surface area contributed by atoms with Crippen molar-refractivity contribution >= 4 is 11.9 Å². The summed E-state index contributed by atoms with van der Waals surface area (Å²) in [5.74, 6) is -0.225. The van der Waals surface area contributed by atoms with Crippen molar-refractivity contribution in [1.29, 1.82) is 5.26 Å². The number of ketones is 1. The van der Waals surface area contributed by atoms with Crippen LogP contribution >= 0.6 is 0 Å². The third-order valence-electron chi connectivity index (χ3n) is 3.49. The predicted molar refractivity (Wildman–Crippen MR) is 85.0 cm³/mol. The number of Topliss-reactive ketones (excluding diaryl/α,β-unsaturated/α-hetero) is 1. The van der Waals surface area contributed by atoms with Gasteiger partial charge >= 0.3 is 0 Å². The van der Waals surface area contributed by atoms with Crippen molar-refractivity contribution in [3.05, 3.63) is 75.9 Å². The van der Waals surface area contributed by atoms with Gasteiger partial charge in [0.25, 0.3) is 0 Å². The molecule has 0 saturated carbocycles. The molecule has 21 heavy (non-hydrogen) atoms. The molecule has 2 heteroatoms. The highest BCUT2D eigenvalue weighted by atomic mass is 16.1. The number of nitriles is 1. The van der Waals surface area contributed by atoms with Crippen LogP contribution in [-0.4, -0.2) is 5.78 Å². The van der Waals surface area contributed by atoms with Crippen LogP contribution in [0.3, 0.4) is 0 Å². The Balaban J connectivity index is 2.47. The predicted octanol–water partition coefficient (Wildman–Crippen LogP) is 4.40. The minimum absolute atomic E-state index is 0.165. The van der Waals surface area contributed by atoms with E-state index in [0.717, 1.165) is 22.3 Å². The molecule has 0 unspecified atom stereocenters. The third-order valence-corrected chi connectivity index (χ3v) is 3.49. The van der Waals surface area contributed by atoms with Gasteiger partial charge < -0.3 is 0 Å². The number of benzene rings is 2. The number of carbonyl (C=O) groups is 1. The Morgan fingerprint density at radius 1 is 1.05 bits per heavy atom. The van der Waals surface area contributed by atoms with Crippen molar-refractivity contribution in [3.8, 4) is 6.07 Å². The lowest BCUT2D eigenvalue weighted by atomic mass is 9.96. The van der Waals surface area contributed by atoms with Crippen LogP contribution < -0.4 is 0 Å². The molecule has 0 radical (unpaired) electrons. The van der Waals surface area contributed by atoms with Gasteiger partial charge in [0.15, 0.2) is 0 Å². The summed E-state index contributed by atoms with van der Waals surface area (Å²) in [4.78, 5) is 12.5. The molecule has 0 aliphatic rings. The van der Waals surface area contributed by atoms with E-state index in [1.54, 1.807) is 12.1 Å². The number of nitrogens with zero attached hydrogens (tertiary/aromatic N) is 1. The molecule has 0 heterocycles. The number of allylic oxidation sites excluding steroid dienone is 1. The minimum atomic E-state index is -0.225. The summed E-state index contributed by atoms with van der Waals surface area (Å²) >= 11 is 0. The average Bonchev–Trinajstić information content (AvgIpc) is 2.48. The van der Waals surface area contributed by atoms with Gasteiger partial charge in [-0.05, 0) is 43.5 Å². The molecule has 0 aliphatic heterocycles. The Kier molecular flexibility index (Phi) is 4.35. The molecule has 0 bridgehead atoms.